The first kappa shape index (κ1) is 13.5. The Balaban J connectivity index is 2.08. The third-order valence-corrected chi connectivity index (χ3v) is 5.01. The van der Waals surface area contributed by atoms with Crippen LogP contribution in [0.3, 0.4) is 0 Å². The molecule has 0 heterocycles. The van der Waals surface area contributed by atoms with Crippen LogP contribution < -0.4 is 0 Å². The minimum Gasteiger partial charge on any atom is -0.378 e. The maximum atomic E-state index is 13.2. The van der Waals surface area contributed by atoms with Crippen molar-refractivity contribution in [2.24, 2.45) is 0 Å². The van der Waals surface area contributed by atoms with Gasteiger partial charge in [0.25, 0.3) is 0 Å². The number of hydrogen-bond donors (Lipinski definition) is 0. The van der Waals surface area contributed by atoms with Crippen LogP contribution >= 0.6 is 31.9 Å². The van der Waals surface area contributed by atoms with E-state index in [1.807, 2.05) is 12.1 Å². The van der Waals surface area contributed by atoms with E-state index in [0.29, 0.717) is 4.47 Å². The van der Waals surface area contributed by atoms with Crippen molar-refractivity contribution in [1.29, 1.82) is 0 Å². The van der Waals surface area contributed by atoms with Crippen molar-refractivity contribution in [2.75, 3.05) is 7.11 Å². The van der Waals surface area contributed by atoms with E-state index in [4.69, 9.17) is 4.74 Å². The second-order valence-electron chi connectivity index (χ2n) is 4.59. The van der Waals surface area contributed by atoms with Gasteiger partial charge in [0.05, 0.1) is 10.1 Å². The summed E-state index contributed by atoms with van der Waals surface area (Å²) < 4.78 is 19.3. The van der Waals surface area contributed by atoms with E-state index in [0.717, 1.165) is 24.8 Å². The molecule has 0 spiro atoms. The minimum absolute atomic E-state index is 0.0228. The Bertz CT molecular complexity index is 399. The fraction of sp³-hybridized carbons (Fsp3) is 0.538. The highest BCUT2D eigenvalue weighted by Gasteiger charge is 2.38. The highest BCUT2D eigenvalue weighted by atomic mass is 79.9. The maximum absolute atomic E-state index is 13.2. The quantitative estimate of drug-likeness (QED) is 0.683. The number of alkyl halides is 1. The molecule has 1 unspecified atom stereocenters. The van der Waals surface area contributed by atoms with Crippen molar-refractivity contribution in [1.82, 2.24) is 0 Å². The Morgan fingerprint density at radius 2 is 2.18 bits per heavy atom. The number of benzene rings is 1. The summed E-state index contributed by atoms with van der Waals surface area (Å²) in [7, 11) is 1.78. The molecule has 94 valence electrons. The molecule has 17 heavy (non-hydrogen) atoms. The maximum Gasteiger partial charge on any atom is 0.137 e. The molecule has 1 aromatic rings. The first-order valence-electron chi connectivity index (χ1n) is 5.70. The third-order valence-electron chi connectivity index (χ3n) is 3.55. The van der Waals surface area contributed by atoms with Crippen molar-refractivity contribution in [2.45, 2.75) is 36.1 Å². The summed E-state index contributed by atoms with van der Waals surface area (Å²) in [5.74, 6) is -0.224. The van der Waals surface area contributed by atoms with E-state index in [1.165, 1.54) is 12.5 Å². The van der Waals surface area contributed by atoms with Crippen LogP contribution in [0.5, 0.6) is 0 Å². The molecule has 1 aromatic carbocycles. The Morgan fingerprint density at radius 3 is 2.65 bits per heavy atom. The van der Waals surface area contributed by atoms with Crippen LogP contribution in [0.1, 0.15) is 36.1 Å². The summed E-state index contributed by atoms with van der Waals surface area (Å²) >= 11 is 6.89. The molecule has 1 atom stereocenters. The van der Waals surface area contributed by atoms with E-state index in [9.17, 15) is 4.39 Å². The zero-order chi connectivity index (χ0) is 12.5. The lowest BCUT2D eigenvalue weighted by molar-refractivity contribution is -0.0773. The summed E-state index contributed by atoms with van der Waals surface area (Å²) in [6.07, 6.45) is 4.41. The van der Waals surface area contributed by atoms with Crippen LogP contribution in [0.15, 0.2) is 22.7 Å². The van der Waals surface area contributed by atoms with Gasteiger partial charge in [0.2, 0.25) is 0 Å². The lowest BCUT2D eigenvalue weighted by Crippen LogP contribution is -2.39. The van der Waals surface area contributed by atoms with Crippen LogP contribution in [0.2, 0.25) is 0 Å². The van der Waals surface area contributed by atoms with Gasteiger partial charge in [-0.3, -0.25) is 0 Å². The SMILES string of the molecule is COC1(CC(Br)c2ccc(F)c(Br)c2)CCC1. The zero-order valence-electron chi connectivity index (χ0n) is 9.68. The summed E-state index contributed by atoms with van der Waals surface area (Å²) in [4.78, 5) is 0.208. The first-order valence-corrected chi connectivity index (χ1v) is 7.41. The molecule has 1 fully saturated rings. The fourth-order valence-electron chi connectivity index (χ4n) is 2.21. The number of hydrogen-bond acceptors (Lipinski definition) is 1. The molecule has 0 radical (unpaired) electrons. The molecule has 1 nitrogen and oxygen atoms in total. The Kier molecular flexibility index (Phi) is 4.26. The number of halogens is 3. The van der Waals surface area contributed by atoms with E-state index >= 15 is 0 Å². The number of methoxy groups -OCH3 is 1. The first-order chi connectivity index (χ1) is 8.06. The van der Waals surface area contributed by atoms with Crippen LogP contribution in [-0.2, 0) is 4.74 Å². The molecule has 1 aliphatic rings. The smallest absolute Gasteiger partial charge is 0.137 e. The summed E-state index contributed by atoms with van der Waals surface area (Å²) in [6.45, 7) is 0. The number of ether oxygens (including phenoxy) is 1. The average molecular weight is 366 g/mol. The van der Waals surface area contributed by atoms with Gasteiger partial charge in [0.1, 0.15) is 5.82 Å². The molecule has 2 rings (SSSR count). The van der Waals surface area contributed by atoms with Gasteiger partial charge in [-0.15, -0.1) is 0 Å². The van der Waals surface area contributed by atoms with Gasteiger partial charge in [0.15, 0.2) is 0 Å². The molecule has 0 saturated heterocycles. The van der Waals surface area contributed by atoms with E-state index in [1.54, 1.807) is 7.11 Å². The summed E-state index contributed by atoms with van der Waals surface area (Å²) in [5.41, 5.74) is 1.11. The Morgan fingerprint density at radius 1 is 1.47 bits per heavy atom. The molecule has 1 saturated carbocycles. The number of rotatable bonds is 4. The lowest BCUT2D eigenvalue weighted by atomic mass is 9.76. The Labute approximate surface area is 118 Å². The lowest BCUT2D eigenvalue weighted by Gasteiger charge is -2.42. The van der Waals surface area contributed by atoms with Crippen molar-refractivity contribution < 1.29 is 9.13 Å². The molecule has 0 aliphatic heterocycles. The van der Waals surface area contributed by atoms with Crippen LogP contribution in [-0.4, -0.2) is 12.7 Å². The summed E-state index contributed by atoms with van der Waals surface area (Å²) in [6, 6.07) is 5.15. The molecule has 0 aromatic heterocycles. The topological polar surface area (TPSA) is 9.23 Å². The van der Waals surface area contributed by atoms with E-state index < -0.39 is 0 Å². The van der Waals surface area contributed by atoms with Crippen molar-refractivity contribution >= 4 is 31.9 Å². The highest BCUT2D eigenvalue weighted by molar-refractivity contribution is 9.10. The molecular weight excluding hydrogens is 351 g/mol. The normalized spacial score (nSPS) is 19.8. The van der Waals surface area contributed by atoms with Crippen LogP contribution in [0.4, 0.5) is 4.39 Å². The van der Waals surface area contributed by atoms with Gasteiger partial charge < -0.3 is 4.74 Å². The van der Waals surface area contributed by atoms with Gasteiger partial charge in [-0.1, -0.05) is 22.0 Å². The molecule has 1 aliphatic carbocycles. The predicted molar refractivity (Wildman–Crippen MR) is 74.0 cm³/mol. The van der Waals surface area contributed by atoms with Crippen molar-refractivity contribution in [3.63, 3.8) is 0 Å². The van der Waals surface area contributed by atoms with Crippen molar-refractivity contribution in [3.05, 3.63) is 34.1 Å². The van der Waals surface area contributed by atoms with Gasteiger partial charge in [-0.05, 0) is 59.3 Å². The molecular formula is C13H15Br2FO. The largest absolute Gasteiger partial charge is 0.378 e. The van der Waals surface area contributed by atoms with Crippen LogP contribution in [0.25, 0.3) is 0 Å². The second kappa shape index (κ2) is 5.37. The fourth-order valence-corrected chi connectivity index (χ4v) is 3.49. The van der Waals surface area contributed by atoms with E-state index in [2.05, 4.69) is 31.9 Å². The molecule has 0 amide bonds. The predicted octanol–water partition coefficient (Wildman–Crippen LogP) is 4.98. The standard InChI is InChI=1S/C13H15Br2FO/c1-17-13(5-2-6-13)8-11(15)9-3-4-12(16)10(14)7-9/h3-4,7,11H,2,5-6,8H2,1H3. The van der Waals surface area contributed by atoms with E-state index in [-0.39, 0.29) is 16.2 Å². The Hall–Kier alpha value is 0.0700. The highest BCUT2D eigenvalue weighted by Crippen LogP contribution is 2.44. The van der Waals surface area contributed by atoms with Crippen molar-refractivity contribution in [3.8, 4) is 0 Å². The summed E-state index contributed by atoms with van der Waals surface area (Å²) in [5, 5.41) is 0. The average Bonchev–Trinajstić information content (AvgIpc) is 2.27. The van der Waals surface area contributed by atoms with Gasteiger partial charge in [-0.25, -0.2) is 4.39 Å². The third kappa shape index (κ3) is 2.91. The molecule has 0 bridgehead atoms. The zero-order valence-corrected chi connectivity index (χ0v) is 12.9. The minimum atomic E-state index is -0.224. The van der Waals surface area contributed by atoms with Gasteiger partial charge in [0, 0.05) is 11.9 Å². The molecule has 0 N–H and O–H groups in total. The monoisotopic (exact) mass is 364 g/mol. The van der Waals surface area contributed by atoms with Gasteiger partial charge in [-0.2, -0.15) is 0 Å². The molecule has 4 heteroatoms. The van der Waals surface area contributed by atoms with Gasteiger partial charge >= 0.3 is 0 Å². The van der Waals surface area contributed by atoms with Crippen LogP contribution in [0, 0.1) is 5.82 Å². The second-order valence-corrected chi connectivity index (χ2v) is 6.55.